The highest BCUT2D eigenvalue weighted by Gasteiger charge is 2.51. The number of aromatic nitrogens is 2. The van der Waals surface area contributed by atoms with Gasteiger partial charge in [0, 0.05) is 5.56 Å². The molecule has 0 spiro atoms. The molecule has 3 heterocycles. The van der Waals surface area contributed by atoms with Crippen LogP contribution in [0.25, 0.3) is 10.2 Å². The first-order valence-electron chi connectivity index (χ1n) is 6.45. The molecular formula is C13H16ClN3O2S. The molecule has 1 saturated heterocycles. The number of ether oxygens (including phenoxy) is 1. The Bertz CT molecular complexity index is 650. The standard InChI is InChI=1S/C13H16ClN3O2S/c1-3-13(2)11(18)7(14)9(19-13)6-4-20-10-8(6)16-5-17-12(10)15/h4-5,7,9,11,18H,3H2,1-2H3,(H2,15,16,17)/t7-,9-,11-,13-/m0/s1. The fourth-order valence-electron chi connectivity index (χ4n) is 2.54. The smallest absolute Gasteiger partial charge is 0.144 e. The van der Waals surface area contributed by atoms with Gasteiger partial charge in [0.05, 0.1) is 21.2 Å². The summed E-state index contributed by atoms with van der Waals surface area (Å²) in [7, 11) is 0. The number of aliphatic hydroxyl groups excluding tert-OH is 1. The van der Waals surface area contributed by atoms with Crippen molar-refractivity contribution in [3.63, 3.8) is 0 Å². The van der Waals surface area contributed by atoms with Crippen molar-refractivity contribution in [1.82, 2.24) is 9.97 Å². The lowest BCUT2D eigenvalue weighted by atomic mass is 9.95. The Kier molecular flexibility index (Phi) is 3.36. The Labute approximate surface area is 125 Å². The molecule has 108 valence electrons. The number of aliphatic hydroxyl groups is 1. The minimum absolute atomic E-state index is 0.389. The normalized spacial score (nSPS) is 33.9. The van der Waals surface area contributed by atoms with Crippen molar-refractivity contribution in [2.45, 2.75) is 43.5 Å². The van der Waals surface area contributed by atoms with Crippen LogP contribution in [0, 0.1) is 0 Å². The molecule has 20 heavy (non-hydrogen) atoms. The number of alkyl halides is 1. The number of hydrogen-bond acceptors (Lipinski definition) is 6. The van der Waals surface area contributed by atoms with Gasteiger partial charge < -0.3 is 15.6 Å². The van der Waals surface area contributed by atoms with Gasteiger partial charge >= 0.3 is 0 Å². The fraction of sp³-hybridized carbons (Fsp3) is 0.538. The Morgan fingerprint density at radius 2 is 2.30 bits per heavy atom. The van der Waals surface area contributed by atoms with Gasteiger partial charge in [-0.1, -0.05) is 6.92 Å². The SMILES string of the molecule is CC[C@]1(C)O[C@@H](c2csc3c(N)ncnc23)[C@H](Cl)[C@@H]1O. The Balaban J connectivity index is 2.06. The van der Waals surface area contributed by atoms with Gasteiger partial charge in [-0.2, -0.15) is 0 Å². The minimum atomic E-state index is -0.715. The summed E-state index contributed by atoms with van der Waals surface area (Å²) in [4.78, 5) is 8.26. The molecule has 0 unspecified atom stereocenters. The maximum atomic E-state index is 10.3. The summed E-state index contributed by atoms with van der Waals surface area (Å²) in [6, 6.07) is 0. The molecule has 0 aliphatic carbocycles. The Morgan fingerprint density at radius 1 is 1.55 bits per heavy atom. The van der Waals surface area contributed by atoms with Crippen LogP contribution in [0.3, 0.4) is 0 Å². The first kappa shape index (κ1) is 14.0. The average molecular weight is 314 g/mol. The van der Waals surface area contributed by atoms with E-state index in [9.17, 15) is 5.11 Å². The largest absolute Gasteiger partial charge is 0.388 e. The van der Waals surface area contributed by atoms with E-state index in [-0.39, 0.29) is 6.10 Å². The summed E-state index contributed by atoms with van der Waals surface area (Å²) in [5.41, 5.74) is 6.84. The molecule has 0 bridgehead atoms. The maximum absolute atomic E-state index is 10.3. The number of halogens is 1. The second kappa shape index (κ2) is 4.80. The number of nitrogens with two attached hydrogens (primary N) is 1. The summed E-state index contributed by atoms with van der Waals surface area (Å²) in [5, 5.41) is 11.7. The van der Waals surface area contributed by atoms with E-state index in [4.69, 9.17) is 22.1 Å². The quantitative estimate of drug-likeness (QED) is 0.832. The van der Waals surface area contributed by atoms with Gasteiger partial charge in [-0.25, -0.2) is 9.97 Å². The van der Waals surface area contributed by atoms with E-state index in [0.29, 0.717) is 12.2 Å². The molecule has 2 aromatic heterocycles. The molecule has 7 heteroatoms. The lowest BCUT2D eigenvalue weighted by molar-refractivity contribution is -0.0722. The molecule has 2 aromatic rings. The molecule has 1 aliphatic heterocycles. The summed E-state index contributed by atoms with van der Waals surface area (Å²) < 4.78 is 6.87. The number of hydrogen-bond donors (Lipinski definition) is 2. The molecule has 3 N–H and O–H groups in total. The monoisotopic (exact) mass is 313 g/mol. The topological polar surface area (TPSA) is 81.3 Å². The molecule has 1 fully saturated rings. The molecule has 0 amide bonds. The van der Waals surface area contributed by atoms with Gasteiger partial charge in [-0.3, -0.25) is 0 Å². The van der Waals surface area contributed by atoms with Crippen LogP contribution in [0.2, 0.25) is 0 Å². The summed E-state index contributed by atoms with van der Waals surface area (Å²) in [6.45, 7) is 3.85. The number of rotatable bonds is 2. The van der Waals surface area contributed by atoms with Crippen LogP contribution in [0.15, 0.2) is 11.7 Å². The van der Waals surface area contributed by atoms with Crippen LogP contribution >= 0.6 is 22.9 Å². The molecule has 4 atom stereocenters. The van der Waals surface area contributed by atoms with E-state index >= 15 is 0 Å². The first-order valence-corrected chi connectivity index (χ1v) is 7.77. The van der Waals surface area contributed by atoms with Gasteiger partial charge in [0.15, 0.2) is 0 Å². The van der Waals surface area contributed by atoms with Crippen LogP contribution in [-0.4, -0.2) is 32.2 Å². The fourth-order valence-corrected chi connectivity index (χ4v) is 3.94. The lowest BCUT2D eigenvalue weighted by Gasteiger charge is -2.25. The number of nitrogens with zero attached hydrogens (tertiary/aromatic N) is 2. The van der Waals surface area contributed by atoms with Gasteiger partial charge in [0.2, 0.25) is 0 Å². The highest BCUT2D eigenvalue weighted by atomic mass is 35.5. The van der Waals surface area contributed by atoms with E-state index in [1.54, 1.807) is 0 Å². The van der Waals surface area contributed by atoms with Gasteiger partial charge in [0.1, 0.15) is 24.4 Å². The molecule has 3 rings (SSSR count). The van der Waals surface area contributed by atoms with Crippen molar-refractivity contribution in [2.24, 2.45) is 0 Å². The number of fused-ring (bicyclic) bond motifs is 1. The van der Waals surface area contributed by atoms with Crippen LogP contribution in [0.4, 0.5) is 5.82 Å². The second-order valence-electron chi connectivity index (χ2n) is 5.22. The van der Waals surface area contributed by atoms with E-state index < -0.39 is 17.1 Å². The Morgan fingerprint density at radius 3 is 2.95 bits per heavy atom. The third kappa shape index (κ3) is 1.90. The van der Waals surface area contributed by atoms with Gasteiger partial charge in [-0.15, -0.1) is 22.9 Å². The minimum Gasteiger partial charge on any atom is -0.388 e. The average Bonchev–Trinajstić information content (AvgIpc) is 2.96. The second-order valence-corrected chi connectivity index (χ2v) is 6.61. The van der Waals surface area contributed by atoms with Crippen molar-refractivity contribution in [3.8, 4) is 0 Å². The zero-order chi connectivity index (χ0) is 14.5. The molecule has 5 nitrogen and oxygen atoms in total. The van der Waals surface area contributed by atoms with Crippen LogP contribution in [0.1, 0.15) is 31.9 Å². The maximum Gasteiger partial charge on any atom is 0.144 e. The number of nitrogen functional groups attached to an aromatic ring is 1. The van der Waals surface area contributed by atoms with Crippen LogP contribution in [-0.2, 0) is 4.74 Å². The highest BCUT2D eigenvalue weighted by Crippen LogP contribution is 2.47. The van der Waals surface area contributed by atoms with Crippen molar-refractivity contribution >= 4 is 39.0 Å². The lowest BCUT2D eigenvalue weighted by Crippen LogP contribution is -2.38. The zero-order valence-electron chi connectivity index (χ0n) is 11.2. The van der Waals surface area contributed by atoms with Crippen LogP contribution in [0.5, 0.6) is 0 Å². The number of anilines is 1. The predicted molar refractivity (Wildman–Crippen MR) is 80.0 cm³/mol. The van der Waals surface area contributed by atoms with E-state index in [2.05, 4.69) is 9.97 Å². The third-order valence-corrected chi connectivity index (χ3v) is 5.51. The van der Waals surface area contributed by atoms with Crippen molar-refractivity contribution in [3.05, 3.63) is 17.3 Å². The molecule has 0 saturated carbocycles. The van der Waals surface area contributed by atoms with Crippen molar-refractivity contribution in [2.75, 3.05) is 5.73 Å². The summed E-state index contributed by atoms with van der Waals surface area (Å²) in [5.74, 6) is 0.453. The van der Waals surface area contributed by atoms with Crippen LogP contribution < -0.4 is 5.73 Å². The molecule has 0 aromatic carbocycles. The van der Waals surface area contributed by atoms with Crippen molar-refractivity contribution in [1.29, 1.82) is 0 Å². The first-order chi connectivity index (χ1) is 9.48. The van der Waals surface area contributed by atoms with Crippen molar-refractivity contribution < 1.29 is 9.84 Å². The van der Waals surface area contributed by atoms with Gasteiger partial charge in [0.25, 0.3) is 0 Å². The molecule has 1 aliphatic rings. The van der Waals surface area contributed by atoms with Gasteiger partial charge in [-0.05, 0) is 18.7 Å². The molecule has 0 radical (unpaired) electrons. The third-order valence-electron chi connectivity index (χ3n) is 4.03. The van der Waals surface area contributed by atoms with E-state index in [1.165, 1.54) is 17.7 Å². The summed E-state index contributed by atoms with van der Waals surface area (Å²) >= 11 is 7.85. The molecular weight excluding hydrogens is 298 g/mol. The van der Waals surface area contributed by atoms with E-state index in [1.807, 2.05) is 19.2 Å². The number of thiophene rings is 1. The predicted octanol–water partition coefficient (Wildman–Crippen LogP) is 2.48. The van der Waals surface area contributed by atoms with E-state index in [0.717, 1.165) is 15.8 Å². The zero-order valence-corrected chi connectivity index (χ0v) is 12.8. The Hall–Kier alpha value is -0.950. The highest BCUT2D eigenvalue weighted by molar-refractivity contribution is 7.18. The summed E-state index contributed by atoms with van der Waals surface area (Å²) in [6.07, 6.45) is 1.02.